The van der Waals surface area contributed by atoms with E-state index in [0.29, 0.717) is 21.8 Å². The molecule has 0 fully saturated rings. The van der Waals surface area contributed by atoms with E-state index in [0.717, 1.165) is 13.0 Å². The molecule has 1 heterocycles. The Bertz CT molecular complexity index is 586. The van der Waals surface area contributed by atoms with E-state index in [1.54, 1.807) is 12.4 Å². The van der Waals surface area contributed by atoms with Gasteiger partial charge in [0.15, 0.2) is 5.82 Å². The second-order valence-electron chi connectivity index (χ2n) is 4.09. The van der Waals surface area contributed by atoms with Gasteiger partial charge in [0.1, 0.15) is 11.6 Å². The van der Waals surface area contributed by atoms with Gasteiger partial charge in [0.05, 0.1) is 23.1 Å². The molecule has 0 spiro atoms. The quantitative estimate of drug-likeness (QED) is 0.819. The average molecular weight is 360 g/mol. The Kier molecular flexibility index (Phi) is 5.14. The molecule has 0 aliphatic heterocycles. The zero-order valence-electron chi connectivity index (χ0n) is 10.8. The molecule has 0 amide bonds. The minimum Gasteiger partial charge on any atom is -0.369 e. The number of nitrogens with one attached hydrogen (secondary N) is 2. The van der Waals surface area contributed by atoms with Crippen molar-refractivity contribution in [3.63, 3.8) is 0 Å². The number of rotatable bonds is 5. The van der Waals surface area contributed by atoms with Crippen molar-refractivity contribution in [3.05, 3.63) is 39.8 Å². The average Bonchev–Trinajstić information content (AvgIpc) is 2.41. The van der Waals surface area contributed by atoms with Crippen LogP contribution in [0.25, 0.3) is 0 Å². The molecule has 0 atom stereocenters. The highest BCUT2D eigenvalue weighted by atomic mass is 79.9. The van der Waals surface area contributed by atoms with Gasteiger partial charge in [-0.05, 0) is 34.5 Å². The summed E-state index contributed by atoms with van der Waals surface area (Å²) < 4.78 is 13.7. The largest absolute Gasteiger partial charge is 0.369 e. The molecule has 0 bridgehead atoms. The van der Waals surface area contributed by atoms with Crippen LogP contribution in [-0.4, -0.2) is 16.5 Å². The van der Waals surface area contributed by atoms with Crippen LogP contribution in [0.15, 0.2) is 29.0 Å². The lowest BCUT2D eigenvalue weighted by molar-refractivity contribution is 0.627. The Labute approximate surface area is 129 Å². The van der Waals surface area contributed by atoms with Crippen LogP contribution in [0.1, 0.15) is 13.3 Å². The van der Waals surface area contributed by atoms with Crippen LogP contribution < -0.4 is 10.6 Å². The summed E-state index contributed by atoms with van der Waals surface area (Å²) in [7, 11) is 0. The van der Waals surface area contributed by atoms with Crippen LogP contribution in [-0.2, 0) is 0 Å². The molecule has 2 rings (SSSR count). The molecule has 106 valence electrons. The third kappa shape index (κ3) is 3.80. The fourth-order valence-corrected chi connectivity index (χ4v) is 2.45. The molecule has 1 aromatic heterocycles. The second-order valence-corrected chi connectivity index (χ2v) is 5.35. The van der Waals surface area contributed by atoms with Crippen molar-refractivity contribution in [2.24, 2.45) is 0 Å². The number of halogens is 3. The van der Waals surface area contributed by atoms with E-state index in [4.69, 9.17) is 11.6 Å². The zero-order chi connectivity index (χ0) is 14.5. The van der Waals surface area contributed by atoms with E-state index in [-0.39, 0.29) is 5.02 Å². The summed E-state index contributed by atoms with van der Waals surface area (Å²) in [4.78, 5) is 8.44. The predicted octanol–water partition coefficient (Wildman–Crippen LogP) is 4.60. The predicted molar refractivity (Wildman–Crippen MR) is 83.2 cm³/mol. The lowest BCUT2D eigenvalue weighted by Crippen LogP contribution is -2.04. The van der Waals surface area contributed by atoms with Crippen LogP contribution in [0.5, 0.6) is 0 Å². The smallest absolute Gasteiger partial charge is 0.151 e. The van der Waals surface area contributed by atoms with Crippen LogP contribution in [0.3, 0.4) is 0 Å². The molecule has 20 heavy (non-hydrogen) atoms. The number of benzene rings is 1. The molecule has 2 aromatic rings. The van der Waals surface area contributed by atoms with Gasteiger partial charge in [-0.15, -0.1) is 0 Å². The van der Waals surface area contributed by atoms with Crippen LogP contribution in [0.2, 0.25) is 5.02 Å². The maximum absolute atomic E-state index is 13.2. The normalized spacial score (nSPS) is 10.4. The number of hydrogen-bond donors (Lipinski definition) is 2. The molecule has 0 aliphatic rings. The van der Waals surface area contributed by atoms with E-state index in [2.05, 4.69) is 43.5 Å². The number of nitrogens with zero attached hydrogens (tertiary/aromatic N) is 2. The van der Waals surface area contributed by atoms with E-state index < -0.39 is 5.82 Å². The van der Waals surface area contributed by atoms with Gasteiger partial charge in [-0.25, -0.2) is 9.37 Å². The third-order valence-corrected chi connectivity index (χ3v) is 3.37. The fraction of sp³-hybridized carbons (Fsp3) is 0.231. The summed E-state index contributed by atoms with van der Waals surface area (Å²) >= 11 is 9.28. The summed E-state index contributed by atoms with van der Waals surface area (Å²) in [6, 6.07) is 2.57. The molecule has 7 heteroatoms. The first-order valence-corrected chi connectivity index (χ1v) is 7.24. The Balaban J connectivity index is 2.22. The minimum atomic E-state index is -0.406. The second kappa shape index (κ2) is 6.85. The van der Waals surface area contributed by atoms with Gasteiger partial charge < -0.3 is 10.6 Å². The van der Waals surface area contributed by atoms with Crippen molar-refractivity contribution >= 4 is 44.9 Å². The topological polar surface area (TPSA) is 49.8 Å². The molecule has 1 aromatic carbocycles. The molecule has 0 unspecified atom stereocenters. The lowest BCUT2D eigenvalue weighted by Gasteiger charge is -2.11. The molecule has 0 saturated heterocycles. The molecule has 0 radical (unpaired) electrons. The maximum Gasteiger partial charge on any atom is 0.151 e. The highest BCUT2D eigenvalue weighted by molar-refractivity contribution is 9.10. The standard InChI is InChI=1S/C13H13BrClFN4/c1-2-3-18-11-6-17-7-12(19-11)20-13-9(14)4-8(16)5-10(13)15/h4-7H,2-3H2,1H3,(H2,18,19,20). The Morgan fingerprint density at radius 2 is 2.05 bits per heavy atom. The van der Waals surface area contributed by atoms with E-state index in [1.165, 1.54) is 12.1 Å². The SMILES string of the molecule is CCCNc1cncc(Nc2c(Cl)cc(F)cc2Br)n1. The zero-order valence-corrected chi connectivity index (χ0v) is 13.1. The van der Waals surface area contributed by atoms with Gasteiger partial charge in [-0.1, -0.05) is 18.5 Å². The molecule has 2 N–H and O–H groups in total. The number of hydrogen-bond acceptors (Lipinski definition) is 4. The van der Waals surface area contributed by atoms with Crippen LogP contribution in [0.4, 0.5) is 21.7 Å². The molecule has 4 nitrogen and oxygen atoms in total. The maximum atomic E-state index is 13.2. The van der Waals surface area contributed by atoms with Gasteiger partial charge in [-0.2, -0.15) is 0 Å². The van der Waals surface area contributed by atoms with Gasteiger partial charge in [-0.3, -0.25) is 4.98 Å². The van der Waals surface area contributed by atoms with Crippen molar-refractivity contribution in [2.45, 2.75) is 13.3 Å². The summed E-state index contributed by atoms with van der Waals surface area (Å²) in [6.07, 6.45) is 4.21. The summed E-state index contributed by atoms with van der Waals surface area (Å²) in [6.45, 7) is 2.89. The number of aromatic nitrogens is 2. The third-order valence-electron chi connectivity index (χ3n) is 2.45. The van der Waals surface area contributed by atoms with Crippen LogP contribution in [0, 0.1) is 5.82 Å². The van der Waals surface area contributed by atoms with Gasteiger partial charge >= 0.3 is 0 Å². The van der Waals surface area contributed by atoms with E-state index in [9.17, 15) is 4.39 Å². The van der Waals surface area contributed by atoms with Crippen molar-refractivity contribution in [3.8, 4) is 0 Å². The molecule has 0 saturated carbocycles. The minimum absolute atomic E-state index is 0.269. The van der Waals surface area contributed by atoms with Crippen molar-refractivity contribution in [1.82, 2.24) is 9.97 Å². The lowest BCUT2D eigenvalue weighted by atomic mass is 10.3. The first kappa shape index (κ1) is 15.0. The number of anilines is 3. The van der Waals surface area contributed by atoms with Crippen molar-refractivity contribution in [1.29, 1.82) is 0 Å². The van der Waals surface area contributed by atoms with Gasteiger partial charge in [0.2, 0.25) is 0 Å². The Morgan fingerprint density at radius 1 is 1.30 bits per heavy atom. The highest BCUT2D eigenvalue weighted by Crippen LogP contribution is 2.33. The fourth-order valence-electron chi connectivity index (χ4n) is 1.55. The Morgan fingerprint density at radius 3 is 2.75 bits per heavy atom. The molecular weight excluding hydrogens is 347 g/mol. The van der Waals surface area contributed by atoms with Gasteiger partial charge in [0, 0.05) is 11.0 Å². The van der Waals surface area contributed by atoms with Crippen molar-refractivity contribution < 1.29 is 4.39 Å². The molecular formula is C13H13BrClFN4. The van der Waals surface area contributed by atoms with E-state index >= 15 is 0 Å². The molecule has 0 aliphatic carbocycles. The van der Waals surface area contributed by atoms with E-state index in [1.807, 2.05) is 0 Å². The van der Waals surface area contributed by atoms with Gasteiger partial charge in [0.25, 0.3) is 0 Å². The van der Waals surface area contributed by atoms with Crippen LogP contribution >= 0.6 is 27.5 Å². The summed E-state index contributed by atoms with van der Waals surface area (Å²) in [5.41, 5.74) is 0.551. The summed E-state index contributed by atoms with van der Waals surface area (Å²) in [5, 5.41) is 6.44. The van der Waals surface area contributed by atoms with Crippen molar-refractivity contribution in [2.75, 3.05) is 17.2 Å². The first-order valence-electron chi connectivity index (χ1n) is 6.07. The monoisotopic (exact) mass is 358 g/mol. The Hall–Kier alpha value is -1.40. The highest BCUT2D eigenvalue weighted by Gasteiger charge is 2.09. The first-order chi connectivity index (χ1) is 9.60. The summed E-state index contributed by atoms with van der Waals surface area (Å²) in [5.74, 6) is 0.795.